The van der Waals surface area contributed by atoms with Crippen molar-refractivity contribution in [1.29, 1.82) is 0 Å². The second-order valence-electron chi connectivity index (χ2n) is 4.76. The predicted octanol–water partition coefficient (Wildman–Crippen LogP) is 1.94. The zero-order valence-electron chi connectivity index (χ0n) is 11.3. The van der Waals surface area contributed by atoms with Crippen LogP contribution in [0, 0.1) is 5.92 Å². The predicted molar refractivity (Wildman–Crippen MR) is 70.3 cm³/mol. The molecule has 0 bridgehead atoms. The Morgan fingerprint density at radius 1 is 1.29 bits per heavy atom. The second-order valence-corrected chi connectivity index (χ2v) is 4.76. The first-order chi connectivity index (χ1) is 7.97. The molecule has 0 spiro atoms. The molecule has 0 aliphatic carbocycles. The van der Waals surface area contributed by atoms with Crippen LogP contribution in [0.25, 0.3) is 0 Å². The molecule has 1 aromatic rings. The summed E-state index contributed by atoms with van der Waals surface area (Å²) in [5.41, 5.74) is 6.52. The van der Waals surface area contributed by atoms with Crippen LogP contribution in [0.5, 0.6) is 5.88 Å². The van der Waals surface area contributed by atoms with Gasteiger partial charge in [0.2, 0.25) is 5.88 Å². The van der Waals surface area contributed by atoms with Gasteiger partial charge in [0.25, 0.3) is 0 Å². The number of hydrogen-bond donors (Lipinski definition) is 1. The summed E-state index contributed by atoms with van der Waals surface area (Å²) in [6.45, 7) is 9.49. The topological polar surface area (TPSA) is 64.3 Å². The lowest BCUT2D eigenvalue weighted by molar-refractivity contribution is 0.399. The van der Waals surface area contributed by atoms with Crippen molar-refractivity contribution >= 4 is 11.5 Å². The quantitative estimate of drug-likeness (QED) is 0.849. The minimum absolute atomic E-state index is 0.333. The third kappa shape index (κ3) is 3.22. The fourth-order valence-corrected chi connectivity index (χ4v) is 1.70. The average Bonchev–Trinajstić information content (AvgIpc) is 2.26. The molecule has 0 amide bonds. The van der Waals surface area contributed by atoms with Gasteiger partial charge in [-0.3, -0.25) is 0 Å². The molecule has 0 aliphatic rings. The van der Waals surface area contributed by atoms with E-state index in [-0.39, 0.29) is 0 Å². The smallest absolute Gasteiger partial charge is 0.242 e. The number of ether oxygens (including phenoxy) is 1. The molecule has 5 nitrogen and oxygen atoms in total. The minimum Gasteiger partial charge on any atom is -0.479 e. The highest BCUT2D eigenvalue weighted by Crippen LogP contribution is 2.29. The summed E-state index contributed by atoms with van der Waals surface area (Å²) in [6.07, 6.45) is 1.49. The monoisotopic (exact) mass is 238 g/mol. The molecule has 1 heterocycles. The van der Waals surface area contributed by atoms with Crippen LogP contribution in [0.1, 0.15) is 27.7 Å². The molecular formula is C12H22N4O. The lowest BCUT2D eigenvalue weighted by Crippen LogP contribution is -2.35. The summed E-state index contributed by atoms with van der Waals surface area (Å²) in [4.78, 5) is 10.4. The number of hydrogen-bond acceptors (Lipinski definition) is 5. The van der Waals surface area contributed by atoms with Crippen molar-refractivity contribution in [3.8, 4) is 5.88 Å². The molecule has 0 atom stereocenters. The number of anilines is 2. The Hall–Kier alpha value is -1.52. The van der Waals surface area contributed by atoms with Crippen molar-refractivity contribution in [3.05, 3.63) is 6.33 Å². The van der Waals surface area contributed by atoms with E-state index in [1.807, 2.05) is 0 Å². The molecule has 0 fully saturated rings. The normalized spacial score (nSPS) is 11.0. The Balaban J connectivity index is 3.09. The number of nitrogen functional groups attached to an aromatic ring is 1. The number of rotatable bonds is 5. The number of aromatic nitrogens is 2. The summed E-state index contributed by atoms with van der Waals surface area (Å²) < 4.78 is 5.12. The van der Waals surface area contributed by atoms with Gasteiger partial charge in [-0.2, -0.15) is 4.98 Å². The first-order valence-corrected chi connectivity index (χ1v) is 5.88. The lowest BCUT2D eigenvalue weighted by Gasteiger charge is -2.30. The number of nitrogens with zero attached hydrogens (tertiary/aromatic N) is 3. The van der Waals surface area contributed by atoms with Gasteiger partial charge in [0.15, 0.2) is 5.82 Å². The third-order valence-corrected chi connectivity index (χ3v) is 2.48. The van der Waals surface area contributed by atoms with Crippen LogP contribution in [-0.4, -0.2) is 29.7 Å². The van der Waals surface area contributed by atoms with Crippen LogP contribution in [-0.2, 0) is 0 Å². The summed E-state index contributed by atoms with van der Waals surface area (Å²) >= 11 is 0. The number of nitrogens with two attached hydrogens (primary N) is 1. The Labute approximate surface area is 103 Å². The van der Waals surface area contributed by atoms with Crippen molar-refractivity contribution in [1.82, 2.24) is 9.97 Å². The lowest BCUT2D eigenvalue weighted by atomic mass is 10.1. The van der Waals surface area contributed by atoms with Crippen molar-refractivity contribution in [2.45, 2.75) is 33.7 Å². The van der Waals surface area contributed by atoms with Gasteiger partial charge in [-0.1, -0.05) is 13.8 Å². The maximum absolute atomic E-state index is 6.02. The average molecular weight is 238 g/mol. The van der Waals surface area contributed by atoms with E-state index in [1.54, 1.807) is 7.11 Å². The van der Waals surface area contributed by atoms with Gasteiger partial charge in [0, 0.05) is 12.6 Å². The van der Waals surface area contributed by atoms with Gasteiger partial charge in [0.1, 0.15) is 12.0 Å². The van der Waals surface area contributed by atoms with E-state index >= 15 is 0 Å². The van der Waals surface area contributed by atoms with Crippen LogP contribution in [0.4, 0.5) is 11.5 Å². The highest BCUT2D eigenvalue weighted by molar-refractivity contribution is 5.68. The molecule has 0 radical (unpaired) electrons. The molecular weight excluding hydrogens is 216 g/mol. The first-order valence-electron chi connectivity index (χ1n) is 5.88. The molecule has 96 valence electrons. The third-order valence-electron chi connectivity index (χ3n) is 2.48. The van der Waals surface area contributed by atoms with Crippen molar-refractivity contribution in [2.75, 3.05) is 24.3 Å². The zero-order chi connectivity index (χ0) is 13.0. The molecule has 17 heavy (non-hydrogen) atoms. The molecule has 5 heteroatoms. The van der Waals surface area contributed by atoms with Gasteiger partial charge in [-0.15, -0.1) is 0 Å². The maximum atomic E-state index is 6.02. The Bertz CT molecular complexity index is 366. The van der Waals surface area contributed by atoms with E-state index in [4.69, 9.17) is 10.5 Å². The Morgan fingerprint density at radius 2 is 1.94 bits per heavy atom. The van der Waals surface area contributed by atoms with Crippen molar-refractivity contribution in [3.63, 3.8) is 0 Å². The highest BCUT2D eigenvalue weighted by Gasteiger charge is 2.18. The van der Waals surface area contributed by atoms with Crippen LogP contribution in [0.2, 0.25) is 0 Å². The fourth-order valence-electron chi connectivity index (χ4n) is 1.70. The zero-order valence-corrected chi connectivity index (χ0v) is 11.3. The SMILES string of the molecule is COc1ncnc(N(CC(C)C)C(C)C)c1N. The standard InChI is InChI=1S/C12H22N4O/c1-8(2)6-16(9(3)4)11-10(13)12(17-5)15-7-14-11/h7-9H,6,13H2,1-5H3. The van der Waals surface area contributed by atoms with E-state index in [9.17, 15) is 0 Å². The fraction of sp³-hybridized carbons (Fsp3) is 0.667. The van der Waals surface area contributed by atoms with Gasteiger partial charge in [0.05, 0.1) is 7.11 Å². The summed E-state index contributed by atoms with van der Waals surface area (Å²) in [5, 5.41) is 0. The molecule has 0 unspecified atom stereocenters. The van der Waals surface area contributed by atoms with E-state index in [2.05, 4.69) is 42.6 Å². The van der Waals surface area contributed by atoms with Gasteiger partial charge >= 0.3 is 0 Å². The van der Waals surface area contributed by atoms with Crippen LogP contribution in [0.15, 0.2) is 6.33 Å². The molecule has 1 rings (SSSR count). The van der Waals surface area contributed by atoms with E-state index < -0.39 is 0 Å². The summed E-state index contributed by atoms with van der Waals surface area (Å²) in [5.74, 6) is 1.72. The number of methoxy groups -OCH3 is 1. The minimum atomic E-state index is 0.333. The Kier molecular flexibility index (Phi) is 4.54. The van der Waals surface area contributed by atoms with Gasteiger partial charge in [-0.05, 0) is 19.8 Å². The largest absolute Gasteiger partial charge is 0.479 e. The van der Waals surface area contributed by atoms with Crippen molar-refractivity contribution in [2.24, 2.45) is 5.92 Å². The molecule has 0 aromatic carbocycles. The summed E-state index contributed by atoms with van der Waals surface area (Å²) in [6, 6.07) is 0.333. The molecule has 0 saturated carbocycles. The van der Waals surface area contributed by atoms with E-state index in [0.29, 0.717) is 23.5 Å². The van der Waals surface area contributed by atoms with Gasteiger partial charge < -0.3 is 15.4 Å². The van der Waals surface area contributed by atoms with Crippen LogP contribution < -0.4 is 15.4 Å². The highest BCUT2D eigenvalue weighted by atomic mass is 16.5. The molecule has 0 aliphatic heterocycles. The molecule has 2 N–H and O–H groups in total. The Morgan fingerprint density at radius 3 is 2.41 bits per heavy atom. The van der Waals surface area contributed by atoms with Crippen molar-refractivity contribution < 1.29 is 4.74 Å². The van der Waals surface area contributed by atoms with Gasteiger partial charge in [-0.25, -0.2) is 4.98 Å². The molecule has 0 saturated heterocycles. The summed E-state index contributed by atoms with van der Waals surface area (Å²) in [7, 11) is 1.56. The van der Waals surface area contributed by atoms with E-state index in [0.717, 1.165) is 12.4 Å². The maximum Gasteiger partial charge on any atom is 0.242 e. The van der Waals surface area contributed by atoms with E-state index in [1.165, 1.54) is 6.33 Å². The molecule has 1 aromatic heterocycles. The van der Waals surface area contributed by atoms with Crippen LogP contribution >= 0.6 is 0 Å². The van der Waals surface area contributed by atoms with Crippen LogP contribution in [0.3, 0.4) is 0 Å². The first kappa shape index (κ1) is 13.5. The second kappa shape index (κ2) is 5.70.